The van der Waals surface area contributed by atoms with E-state index >= 15 is 0 Å². The summed E-state index contributed by atoms with van der Waals surface area (Å²) in [6, 6.07) is 6.96. The maximum atomic E-state index is 12.2. The predicted octanol–water partition coefficient (Wildman–Crippen LogP) is 2.94. The Morgan fingerprint density at radius 2 is 1.83 bits per heavy atom. The molecule has 0 aliphatic carbocycles. The van der Waals surface area contributed by atoms with Crippen molar-refractivity contribution < 1.29 is 9.59 Å². The molecule has 2 fully saturated rings. The number of carbonyl (C=O) groups excluding carboxylic acids is 2. The number of amides is 2. The van der Waals surface area contributed by atoms with Gasteiger partial charge in [-0.3, -0.25) is 19.6 Å². The first kappa shape index (κ1) is 22.9. The molecule has 0 bridgehead atoms. The maximum absolute atomic E-state index is 12.2. The number of hydrogen-bond acceptors (Lipinski definition) is 5. The average Bonchev–Trinajstić information content (AvgIpc) is 3.05. The molecule has 7 nitrogen and oxygen atoms in total. The standard InChI is InChI=1S/C19H25N5O2.C2H6.CH4/c1-20-12-7-9-24(10-8-12)13-3-4-14-16(11-13)23(2)22-18(14)15-5-6-17(25)21-19(15)26;1-2;/h3-4,11-12,15,20H,5-10H2,1-2H3,(H,21,25,26);1-2H3;1H4. The van der Waals surface area contributed by atoms with E-state index in [0.717, 1.165) is 42.5 Å². The Morgan fingerprint density at radius 3 is 2.45 bits per heavy atom. The van der Waals surface area contributed by atoms with Gasteiger partial charge in [-0.05, 0) is 44.5 Å². The van der Waals surface area contributed by atoms with Crippen LogP contribution in [-0.2, 0) is 16.6 Å². The van der Waals surface area contributed by atoms with Gasteiger partial charge in [0.15, 0.2) is 0 Å². The zero-order valence-electron chi connectivity index (χ0n) is 17.3. The first-order valence-corrected chi connectivity index (χ1v) is 10.3. The summed E-state index contributed by atoms with van der Waals surface area (Å²) in [7, 11) is 3.94. The highest BCUT2D eigenvalue weighted by Gasteiger charge is 2.31. The largest absolute Gasteiger partial charge is 0.371 e. The molecule has 3 heterocycles. The van der Waals surface area contributed by atoms with Crippen molar-refractivity contribution >= 4 is 28.4 Å². The van der Waals surface area contributed by atoms with Crippen molar-refractivity contribution in [2.24, 2.45) is 7.05 Å². The van der Waals surface area contributed by atoms with Gasteiger partial charge in [-0.1, -0.05) is 21.3 Å². The second-order valence-electron chi connectivity index (χ2n) is 7.26. The van der Waals surface area contributed by atoms with E-state index in [2.05, 4.69) is 38.8 Å². The number of benzene rings is 1. The molecule has 0 radical (unpaired) electrons. The van der Waals surface area contributed by atoms with Gasteiger partial charge in [0.25, 0.3) is 0 Å². The van der Waals surface area contributed by atoms with Crippen LogP contribution >= 0.6 is 0 Å². The number of fused-ring (bicyclic) bond motifs is 1. The van der Waals surface area contributed by atoms with Crippen LogP contribution in [0.4, 0.5) is 5.69 Å². The van der Waals surface area contributed by atoms with E-state index in [1.807, 2.05) is 32.6 Å². The van der Waals surface area contributed by atoms with Crippen LogP contribution in [0.15, 0.2) is 18.2 Å². The maximum Gasteiger partial charge on any atom is 0.235 e. The summed E-state index contributed by atoms with van der Waals surface area (Å²) in [6.07, 6.45) is 3.17. The molecule has 2 aliphatic rings. The molecule has 0 spiro atoms. The van der Waals surface area contributed by atoms with Crippen molar-refractivity contribution in [2.75, 3.05) is 25.0 Å². The minimum Gasteiger partial charge on any atom is -0.371 e. The number of carbonyl (C=O) groups is 2. The molecule has 2 aromatic rings. The molecule has 4 rings (SSSR count). The summed E-state index contributed by atoms with van der Waals surface area (Å²) >= 11 is 0. The number of anilines is 1. The molecular weight excluding hydrogens is 366 g/mol. The molecule has 7 heteroatoms. The lowest BCUT2D eigenvalue weighted by Gasteiger charge is -2.33. The van der Waals surface area contributed by atoms with Gasteiger partial charge in [-0.2, -0.15) is 5.10 Å². The topological polar surface area (TPSA) is 79.3 Å². The smallest absolute Gasteiger partial charge is 0.235 e. The fourth-order valence-corrected chi connectivity index (χ4v) is 4.11. The quantitative estimate of drug-likeness (QED) is 0.773. The summed E-state index contributed by atoms with van der Waals surface area (Å²) in [5.41, 5.74) is 3.00. The molecular formula is C22H35N5O2. The van der Waals surface area contributed by atoms with Crippen LogP contribution < -0.4 is 15.5 Å². The normalized spacial score (nSPS) is 20.0. The molecule has 29 heavy (non-hydrogen) atoms. The number of nitrogens with zero attached hydrogens (tertiary/aromatic N) is 3. The van der Waals surface area contributed by atoms with E-state index in [4.69, 9.17) is 0 Å². The fraction of sp³-hybridized carbons (Fsp3) is 0.591. The lowest BCUT2D eigenvalue weighted by Crippen LogP contribution is -2.41. The van der Waals surface area contributed by atoms with Crippen LogP contribution in [0, 0.1) is 0 Å². The minimum absolute atomic E-state index is 0. The van der Waals surface area contributed by atoms with E-state index < -0.39 is 0 Å². The van der Waals surface area contributed by atoms with Gasteiger partial charge in [0.1, 0.15) is 0 Å². The summed E-state index contributed by atoms with van der Waals surface area (Å²) in [4.78, 5) is 26.1. The third kappa shape index (κ3) is 4.61. The SMILES string of the molecule is C.CC.CNC1CCN(c2ccc3c(C4CCC(=O)NC4=O)nn(C)c3c2)CC1. The monoisotopic (exact) mass is 401 g/mol. The highest BCUT2D eigenvalue weighted by atomic mass is 16.2. The fourth-order valence-electron chi connectivity index (χ4n) is 4.11. The van der Waals surface area contributed by atoms with E-state index in [0.29, 0.717) is 18.9 Å². The van der Waals surface area contributed by atoms with E-state index in [1.54, 1.807) is 0 Å². The molecule has 160 valence electrons. The van der Waals surface area contributed by atoms with Crippen LogP contribution in [0.25, 0.3) is 10.9 Å². The second-order valence-corrected chi connectivity index (χ2v) is 7.26. The van der Waals surface area contributed by atoms with Crippen molar-refractivity contribution in [3.8, 4) is 0 Å². The van der Waals surface area contributed by atoms with Crippen LogP contribution in [0.2, 0.25) is 0 Å². The van der Waals surface area contributed by atoms with Gasteiger partial charge in [0, 0.05) is 43.7 Å². The number of hydrogen-bond donors (Lipinski definition) is 2. The lowest BCUT2D eigenvalue weighted by atomic mass is 9.92. The molecule has 2 N–H and O–H groups in total. The van der Waals surface area contributed by atoms with Crippen LogP contribution in [0.5, 0.6) is 0 Å². The highest BCUT2D eigenvalue weighted by Crippen LogP contribution is 2.32. The molecule has 1 aromatic heterocycles. The zero-order valence-corrected chi connectivity index (χ0v) is 17.3. The first-order valence-electron chi connectivity index (χ1n) is 10.3. The van der Waals surface area contributed by atoms with Crippen molar-refractivity contribution in [3.63, 3.8) is 0 Å². The Labute approximate surface area is 173 Å². The number of aryl methyl sites for hydroxylation is 1. The van der Waals surface area contributed by atoms with Crippen LogP contribution in [0.3, 0.4) is 0 Å². The van der Waals surface area contributed by atoms with Gasteiger partial charge in [-0.15, -0.1) is 0 Å². The number of aromatic nitrogens is 2. The minimum atomic E-state index is -0.353. The van der Waals surface area contributed by atoms with Crippen molar-refractivity contribution in [2.45, 2.75) is 58.9 Å². The Morgan fingerprint density at radius 1 is 1.14 bits per heavy atom. The Bertz CT molecular complexity index is 852. The summed E-state index contributed by atoms with van der Waals surface area (Å²) in [5, 5.41) is 11.4. The Kier molecular flexibility index (Phi) is 7.79. The first-order chi connectivity index (χ1) is 13.6. The van der Waals surface area contributed by atoms with Gasteiger partial charge >= 0.3 is 0 Å². The highest BCUT2D eigenvalue weighted by molar-refractivity contribution is 6.02. The van der Waals surface area contributed by atoms with Gasteiger partial charge in [0.05, 0.1) is 17.1 Å². The Hall–Kier alpha value is -2.41. The Balaban J connectivity index is 0.000000970. The molecule has 1 unspecified atom stereocenters. The third-order valence-corrected chi connectivity index (χ3v) is 5.70. The average molecular weight is 402 g/mol. The molecule has 2 aliphatic heterocycles. The van der Waals surface area contributed by atoms with E-state index in [1.165, 1.54) is 5.69 Å². The molecule has 2 saturated heterocycles. The number of piperidine rings is 2. The zero-order chi connectivity index (χ0) is 20.3. The van der Waals surface area contributed by atoms with E-state index in [-0.39, 0.29) is 25.2 Å². The molecule has 0 saturated carbocycles. The van der Waals surface area contributed by atoms with Crippen molar-refractivity contribution in [1.29, 1.82) is 0 Å². The summed E-state index contributed by atoms with van der Waals surface area (Å²) in [6.45, 7) is 6.07. The number of nitrogens with one attached hydrogen (secondary N) is 2. The number of imide groups is 1. The summed E-state index contributed by atoms with van der Waals surface area (Å²) in [5.74, 6) is -0.785. The molecule has 1 atom stereocenters. The molecule has 1 aromatic carbocycles. The van der Waals surface area contributed by atoms with Crippen molar-refractivity contribution in [1.82, 2.24) is 20.4 Å². The van der Waals surface area contributed by atoms with Gasteiger partial charge in [0.2, 0.25) is 11.8 Å². The van der Waals surface area contributed by atoms with E-state index in [9.17, 15) is 9.59 Å². The lowest BCUT2D eigenvalue weighted by molar-refractivity contribution is -0.134. The number of rotatable bonds is 3. The predicted molar refractivity (Wildman–Crippen MR) is 118 cm³/mol. The van der Waals surface area contributed by atoms with Gasteiger partial charge in [-0.25, -0.2) is 0 Å². The summed E-state index contributed by atoms with van der Waals surface area (Å²) < 4.78 is 1.85. The van der Waals surface area contributed by atoms with Crippen molar-refractivity contribution in [3.05, 3.63) is 23.9 Å². The van der Waals surface area contributed by atoms with Gasteiger partial charge < -0.3 is 10.2 Å². The van der Waals surface area contributed by atoms with Crippen LogP contribution in [0.1, 0.15) is 58.6 Å². The second kappa shape index (κ2) is 9.87. The molecule has 2 amide bonds. The van der Waals surface area contributed by atoms with Crippen LogP contribution in [-0.4, -0.2) is 47.8 Å². The third-order valence-electron chi connectivity index (χ3n) is 5.70.